The molecule has 2 aliphatic rings. The zero-order valence-electron chi connectivity index (χ0n) is 51.1. The Morgan fingerprint density at radius 2 is 1.49 bits per heavy atom. The van der Waals surface area contributed by atoms with Crippen LogP contribution in [-0.2, 0) is 65.5 Å². The van der Waals surface area contributed by atoms with Crippen molar-refractivity contribution < 1.29 is 92.3 Å². The van der Waals surface area contributed by atoms with Gasteiger partial charge in [0.05, 0.1) is 48.8 Å². The van der Waals surface area contributed by atoms with E-state index in [4.69, 9.17) is 34.2 Å². The van der Waals surface area contributed by atoms with Gasteiger partial charge in [-0.1, -0.05) is 91.3 Å². The number of rotatable bonds is 31. The molecular formula is C59H91N7O19. The molecule has 26 heteroatoms. The van der Waals surface area contributed by atoms with Gasteiger partial charge in [0, 0.05) is 47.8 Å². The second kappa shape index (κ2) is 32.3. The Morgan fingerprint density at radius 1 is 0.835 bits per heavy atom. The van der Waals surface area contributed by atoms with Crippen molar-refractivity contribution in [3.63, 3.8) is 0 Å². The maximum absolute atomic E-state index is 14.8. The number of methoxy groups -OCH3 is 2. The number of nitrogens with one attached hydrogen (secondary N) is 3. The highest BCUT2D eigenvalue weighted by Crippen LogP contribution is 2.32. The average molecular weight is 1200 g/mol. The van der Waals surface area contributed by atoms with Crippen LogP contribution in [0.1, 0.15) is 109 Å². The van der Waals surface area contributed by atoms with Crippen LogP contribution in [0.2, 0.25) is 0 Å². The highest BCUT2D eigenvalue weighted by atomic mass is 16.7. The summed E-state index contributed by atoms with van der Waals surface area (Å²) in [7, 11) is 5.84. The number of carbonyl (C=O) groups excluding carboxylic acids is 6. The summed E-state index contributed by atoms with van der Waals surface area (Å²) in [6, 6.07) is 8.14. The largest absolute Gasteiger partial charge is 0.480 e. The number of likely N-dealkylation sites (N-methyl/N-ethyl adjacent to an activating group) is 2. The third-order valence-corrected chi connectivity index (χ3v) is 15.6. The first kappa shape index (κ1) is 71.0. The number of amides is 6. The van der Waals surface area contributed by atoms with Gasteiger partial charge in [0.1, 0.15) is 54.5 Å². The summed E-state index contributed by atoms with van der Waals surface area (Å²) >= 11 is 0. The van der Waals surface area contributed by atoms with E-state index >= 15 is 0 Å². The third-order valence-electron chi connectivity index (χ3n) is 15.6. The Morgan fingerprint density at radius 3 is 2.06 bits per heavy atom. The first-order valence-electron chi connectivity index (χ1n) is 28.7. The fraction of sp³-hybridized carbons (Fsp3) is 0.661. The van der Waals surface area contributed by atoms with Crippen molar-refractivity contribution in [3.05, 3.63) is 65.2 Å². The average Bonchev–Trinajstić information content (AvgIpc) is 3.23. The van der Waals surface area contributed by atoms with E-state index in [0.29, 0.717) is 25.8 Å². The van der Waals surface area contributed by atoms with Gasteiger partial charge in [-0.3, -0.25) is 28.9 Å². The minimum absolute atomic E-state index is 0.00763. The number of nitrogens with zero attached hydrogens (tertiary/aromatic N) is 3. The standard InChI is InChI=1S/C59H91N7O19/c1-14-33(6)45(41(80-12)29-42(67)66-25-18-21-39(66)49(81-13)34(7)51(71)62-38(55(75)76)28-35-19-16-15-17-20-35)64(10)54(74)43(31(2)3)63-53(73)44(32(4)5)65(11)58(79)82-30-36-22-23-40(37(27-36)52(72)61-24-26-83-59(8,9)60)84-57-48(70)46(68)47(69)50(85-57)56(77)78/h15-17,19-20,22-23,27,31-34,38-39,41,43-50,57,68-70H,14,18,21,24-26,28-30,60H2,1-13H3,(H,61,72)(H,62,71)(H,63,73)(H,75,76)(H,77,78)/t33?,34-,38?,39+,41-,43+,44+,45+,46+,47+,48?,49-,50+,57-/m1/s1. The van der Waals surface area contributed by atoms with Gasteiger partial charge < -0.3 is 85.4 Å². The second-order valence-corrected chi connectivity index (χ2v) is 23.2. The van der Waals surface area contributed by atoms with Crippen molar-refractivity contribution >= 4 is 47.6 Å². The zero-order valence-corrected chi connectivity index (χ0v) is 51.1. The number of aliphatic carboxylic acids is 2. The highest BCUT2D eigenvalue weighted by Gasteiger charge is 2.49. The SMILES string of the molecule is CCC(C)[C@@H]([C@@H](CC(=O)N1CCC[C@H]1[C@H](OC)[C@@H](C)C(=O)NC(Cc1ccccc1)C(=O)O)OC)N(C)C(=O)[C@@H](NC(=O)[C@H](C(C)C)N(C)C(=O)OCc1ccc(O[C@@H]2O[C@H](C(=O)O)[C@@H](O)[C@H](O)C2O)c(C(=O)NCCOC(C)(C)N)c1)C(C)C. The third kappa shape index (κ3) is 19.2. The molecule has 0 spiro atoms. The number of aliphatic hydroxyl groups is 3. The molecule has 2 aromatic rings. The lowest BCUT2D eigenvalue weighted by Crippen LogP contribution is -2.61. The molecule has 0 bridgehead atoms. The van der Waals surface area contributed by atoms with Crippen molar-refractivity contribution in [2.75, 3.05) is 48.0 Å². The summed E-state index contributed by atoms with van der Waals surface area (Å²) < 4.78 is 34.1. The number of benzene rings is 2. The number of carboxylic acid groups (broad SMARTS) is 2. The number of nitrogens with two attached hydrogens (primary N) is 1. The van der Waals surface area contributed by atoms with E-state index in [1.54, 1.807) is 84.7 Å². The molecule has 26 nitrogen and oxygen atoms in total. The zero-order chi connectivity index (χ0) is 63.8. The number of hydrogen-bond acceptors (Lipinski definition) is 18. The predicted molar refractivity (Wildman–Crippen MR) is 307 cm³/mol. The Kier molecular flexibility index (Phi) is 27.0. The normalized spacial score (nSPS) is 21.8. The molecule has 476 valence electrons. The van der Waals surface area contributed by atoms with Crippen LogP contribution in [0.4, 0.5) is 4.79 Å². The van der Waals surface area contributed by atoms with Gasteiger partial charge in [-0.2, -0.15) is 0 Å². The maximum Gasteiger partial charge on any atom is 0.410 e. The number of hydrogen-bond donors (Lipinski definition) is 9. The Hall–Kier alpha value is -6.52. The topological polar surface area (TPSA) is 365 Å². The van der Waals surface area contributed by atoms with Crippen molar-refractivity contribution in [3.8, 4) is 5.75 Å². The van der Waals surface area contributed by atoms with E-state index in [2.05, 4.69) is 16.0 Å². The molecule has 0 aromatic heterocycles. The van der Waals surface area contributed by atoms with Crippen LogP contribution in [0.5, 0.6) is 5.75 Å². The molecule has 0 aliphatic carbocycles. The first-order chi connectivity index (χ1) is 39.9. The van der Waals surface area contributed by atoms with Crippen molar-refractivity contribution in [1.29, 1.82) is 0 Å². The molecule has 2 aromatic carbocycles. The molecule has 0 radical (unpaired) electrons. The number of carbonyl (C=O) groups is 8. The van der Waals surface area contributed by atoms with Gasteiger partial charge >= 0.3 is 18.0 Å². The first-order valence-corrected chi connectivity index (χ1v) is 28.7. The van der Waals surface area contributed by atoms with Gasteiger partial charge in [-0.05, 0) is 67.7 Å². The van der Waals surface area contributed by atoms with Crippen LogP contribution >= 0.6 is 0 Å². The summed E-state index contributed by atoms with van der Waals surface area (Å²) in [5, 5.41) is 59.0. The Labute approximate surface area is 497 Å². The van der Waals surface area contributed by atoms with Crippen LogP contribution in [0.15, 0.2) is 48.5 Å². The summed E-state index contributed by atoms with van der Waals surface area (Å²) in [6.07, 6.45) is -10.8. The monoisotopic (exact) mass is 1200 g/mol. The van der Waals surface area contributed by atoms with Gasteiger partial charge in [0.25, 0.3) is 5.91 Å². The predicted octanol–water partition coefficient (Wildman–Crippen LogP) is 1.87. The quantitative estimate of drug-likeness (QED) is 0.0384. The lowest BCUT2D eigenvalue weighted by Gasteiger charge is -2.41. The van der Waals surface area contributed by atoms with E-state index in [-0.39, 0.29) is 54.7 Å². The van der Waals surface area contributed by atoms with Crippen molar-refractivity contribution in [2.45, 2.75) is 180 Å². The van der Waals surface area contributed by atoms with Gasteiger partial charge in [0.2, 0.25) is 29.9 Å². The summed E-state index contributed by atoms with van der Waals surface area (Å²) in [5.41, 5.74) is 5.63. The molecular weight excluding hydrogens is 1110 g/mol. The lowest BCUT2D eigenvalue weighted by atomic mass is 9.89. The lowest BCUT2D eigenvalue weighted by molar-refractivity contribution is -0.271. The smallest absolute Gasteiger partial charge is 0.410 e. The molecule has 0 saturated carbocycles. The minimum atomic E-state index is -2.00. The molecule has 14 atom stereocenters. The molecule has 2 saturated heterocycles. The second-order valence-electron chi connectivity index (χ2n) is 23.2. The van der Waals surface area contributed by atoms with E-state index in [1.807, 2.05) is 19.9 Å². The van der Waals surface area contributed by atoms with Gasteiger partial charge in [-0.25, -0.2) is 14.4 Å². The molecule has 2 heterocycles. The minimum Gasteiger partial charge on any atom is -0.480 e. The maximum atomic E-state index is 14.8. The Bertz CT molecular complexity index is 2570. The summed E-state index contributed by atoms with van der Waals surface area (Å²) in [6.45, 7) is 15.5. The fourth-order valence-corrected chi connectivity index (χ4v) is 10.7. The van der Waals surface area contributed by atoms with Gasteiger partial charge in [0.15, 0.2) is 6.10 Å². The van der Waals surface area contributed by atoms with E-state index < -0.39 is 145 Å². The Balaban J connectivity index is 1.49. The number of likely N-dealkylation sites (tertiary alicyclic amines) is 1. The highest BCUT2D eigenvalue weighted by molar-refractivity contribution is 5.97. The molecule has 2 fully saturated rings. The summed E-state index contributed by atoms with van der Waals surface area (Å²) in [5.74, 6) is -7.93. The molecule has 4 rings (SSSR count). The molecule has 10 N–H and O–H groups in total. The van der Waals surface area contributed by atoms with Crippen LogP contribution < -0.4 is 26.4 Å². The van der Waals surface area contributed by atoms with E-state index in [1.165, 1.54) is 44.4 Å². The fourth-order valence-electron chi connectivity index (χ4n) is 10.7. The molecule has 6 amide bonds. The van der Waals surface area contributed by atoms with Crippen molar-refractivity contribution in [2.24, 2.45) is 29.4 Å². The van der Waals surface area contributed by atoms with Crippen LogP contribution in [0.3, 0.4) is 0 Å². The molecule has 3 unspecified atom stereocenters. The van der Waals surface area contributed by atoms with Crippen LogP contribution in [0, 0.1) is 23.7 Å². The number of carboxylic acids is 2. The van der Waals surface area contributed by atoms with E-state index in [9.17, 15) is 63.9 Å². The summed E-state index contributed by atoms with van der Waals surface area (Å²) in [4.78, 5) is 113. The van der Waals surface area contributed by atoms with E-state index in [0.717, 1.165) is 10.5 Å². The number of ether oxygens (including phenoxy) is 6. The van der Waals surface area contributed by atoms with Crippen molar-refractivity contribution in [1.82, 2.24) is 30.7 Å². The molecule has 2 aliphatic heterocycles. The van der Waals surface area contributed by atoms with Crippen LogP contribution in [-0.4, -0.2) is 215 Å². The van der Waals surface area contributed by atoms with Gasteiger partial charge in [-0.15, -0.1) is 0 Å². The van der Waals surface area contributed by atoms with Crippen LogP contribution in [0.25, 0.3) is 0 Å². The number of aliphatic hydroxyl groups excluding tert-OH is 3. The molecule has 85 heavy (non-hydrogen) atoms.